The van der Waals surface area contributed by atoms with Gasteiger partial charge in [-0.3, -0.25) is 0 Å². The Balaban J connectivity index is 2.34. The van der Waals surface area contributed by atoms with Crippen molar-refractivity contribution >= 4 is 46.0 Å². The Morgan fingerprint density at radius 1 is 1.08 bits per heavy atom. The van der Waals surface area contributed by atoms with Gasteiger partial charge in [-0.05, 0) is 65.9 Å². The summed E-state index contributed by atoms with van der Waals surface area (Å²) in [5, 5.41) is 10.0. The van der Waals surface area contributed by atoms with Crippen molar-refractivity contribution in [1.29, 1.82) is 5.26 Å². The summed E-state index contributed by atoms with van der Waals surface area (Å²) in [7, 11) is 0. The fourth-order valence-electron chi connectivity index (χ4n) is 3.03. The molecule has 0 spiro atoms. The average Bonchev–Trinajstić information content (AvgIpc) is 2.53. The Hall–Kier alpha value is -2.61. The fraction of sp³-hybridized carbons (Fsp3) is 0.105. The molecule has 0 aliphatic carbocycles. The second kappa shape index (κ2) is 6.72. The number of nitriles is 1. The maximum atomic E-state index is 8.71. The largest absolute Gasteiger partial charge is 0.383 e. The number of halogens is 2. The number of aryl methyl sites for hydroxylation is 2. The van der Waals surface area contributed by atoms with Crippen LogP contribution in [0.25, 0.3) is 28.1 Å². The highest BCUT2D eigenvalue weighted by Gasteiger charge is 2.15. The van der Waals surface area contributed by atoms with Crippen LogP contribution in [0.3, 0.4) is 0 Å². The van der Waals surface area contributed by atoms with Gasteiger partial charge in [0.25, 0.3) is 0 Å². The number of allylic oxidation sites excluding steroid dienone is 1. The first-order valence-electron chi connectivity index (χ1n) is 7.50. The molecule has 0 unspecified atom stereocenters. The average molecular weight is 369 g/mol. The highest BCUT2D eigenvalue weighted by Crippen LogP contribution is 2.37. The SMILES string of the molecule is Cc1cc(/C=C/C#N)cc(C)c1-c1cc(Cl)cc2c(N)nc(Cl)nc12. The van der Waals surface area contributed by atoms with E-state index in [1.54, 1.807) is 12.1 Å². The summed E-state index contributed by atoms with van der Waals surface area (Å²) in [5.74, 6) is 0.294. The molecule has 3 rings (SSSR count). The number of fused-ring (bicyclic) bond motifs is 1. The molecule has 3 aromatic rings. The zero-order valence-corrected chi connectivity index (χ0v) is 15.2. The number of hydrogen-bond acceptors (Lipinski definition) is 4. The van der Waals surface area contributed by atoms with Gasteiger partial charge in [0.1, 0.15) is 5.82 Å². The second-order valence-corrected chi connectivity index (χ2v) is 6.49. The number of aromatic nitrogens is 2. The summed E-state index contributed by atoms with van der Waals surface area (Å²) in [6.45, 7) is 4.01. The molecule has 2 aromatic carbocycles. The zero-order valence-electron chi connectivity index (χ0n) is 13.6. The van der Waals surface area contributed by atoms with Crippen molar-refractivity contribution < 1.29 is 0 Å². The number of nitrogens with zero attached hydrogens (tertiary/aromatic N) is 3. The van der Waals surface area contributed by atoms with E-state index in [0.717, 1.165) is 27.8 Å². The molecule has 0 fully saturated rings. The van der Waals surface area contributed by atoms with Crippen LogP contribution in [0, 0.1) is 25.2 Å². The Bertz CT molecular complexity index is 1040. The number of rotatable bonds is 2. The molecule has 6 heteroatoms. The van der Waals surface area contributed by atoms with Crippen LogP contribution >= 0.6 is 23.2 Å². The first-order valence-corrected chi connectivity index (χ1v) is 8.26. The molecule has 0 saturated heterocycles. The molecule has 124 valence electrons. The summed E-state index contributed by atoms with van der Waals surface area (Å²) in [6.07, 6.45) is 3.23. The zero-order chi connectivity index (χ0) is 18.1. The van der Waals surface area contributed by atoms with Crippen LogP contribution in [0.5, 0.6) is 0 Å². The fourth-order valence-corrected chi connectivity index (χ4v) is 3.43. The molecule has 1 aromatic heterocycles. The van der Waals surface area contributed by atoms with Gasteiger partial charge in [-0.25, -0.2) is 9.97 Å². The van der Waals surface area contributed by atoms with Crippen LogP contribution in [0.1, 0.15) is 16.7 Å². The number of benzene rings is 2. The molecule has 25 heavy (non-hydrogen) atoms. The van der Waals surface area contributed by atoms with Crippen molar-refractivity contribution in [2.75, 3.05) is 5.73 Å². The van der Waals surface area contributed by atoms with Gasteiger partial charge >= 0.3 is 0 Å². The van der Waals surface area contributed by atoms with E-state index in [2.05, 4.69) is 9.97 Å². The Morgan fingerprint density at radius 2 is 1.76 bits per heavy atom. The molecular weight excluding hydrogens is 355 g/mol. The van der Waals surface area contributed by atoms with Crippen LogP contribution in [-0.4, -0.2) is 9.97 Å². The van der Waals surface area contributed by atoms with Gasteiger partial charge in [-0.2, -0.15) is 5.26 Å². The number of nitrogen functional groups attached to an aromatic ring is 1. The smallest absolute Gasteiger partial charge is 0.224 e. The second-order valence-electron chi connectivity index (χ2n) is 5.72. The van der Waals surface area contributed by atoms with Crippen molar-refractivity contribution in [3.63, 3.8) is 0 Å². The summed E-state index contributed by atoms with van der Waals surface area (Å²) in [6, 6.07) is 9.61. The predicted molar refractivity (Wildman–Crippen MR) is 104 cm³/mol. The molecule has 0 aliphatic rings. The molecular formula is C19H14Cl2N4. The third-order valence-corrected chi connectivity index (χ3v) is 4.33. The van der Waals surface area contributed by atoms with E-state index in [4.69, 9.17) is 34.2 Å². The quantitative estimate of drug-likeness (QED) is 0.489. The Morgan fingerprint density at radius 3 is 2.40 bits per heavy atom. The van der Waals surface area contributed by atoms with E-state index < -0.39 is 0 Å². The van der Waals surface area contributed by atoms with Crippen molar-refractivity contribution in [1.82, 2.24) is 9.97 Å². The normalized spacial score (nSPS) is 11.2. The van der Waals surface area contributed by atoms with Crippen molar-refractivity contribution in [2.45, 2.75) is 13.8 Å². The lowest BCUT2D eigenvalue weighted by atomic mass is 9.92. The molecule has 0 radical (unpaired) electrons. The summed E-state index contributed by atoms with van der Waals surface area (Å²) < 4.78 is 0. The maximum absolute atomic E-state index is 8.71. The van der Waals surface area contributed by atoms with Crippen LogP contribution in [0.4, 0.5) is 5.82 Å². The highest BCUT2D eigenvalue weighted by molar-refractivity contribution is 6.32. The number of nitrogens with two attached hydrogens (primary N) is 1. The lowest BCUT2D eigenvalue weighted by Crippen LogP contribution is -1.98. The van der Waals surface area contributed by atoms with Gasteiger partial charge in [-0.1, -0.05) is 23.7 Å². The monoisotopic (exact) mass is 368 g/mol. The van der Waals surface area contributed by atoms with E-state index in [-0.39, 0.29) is 5.28 Å². The maximum Gasteiger partial charge on any atom is 0.224 e. The van der Waals surface area contributed by atoms with Crippen molar-refractivity contribution in [3.8, 4) is 17.2 Å². The van der Waals surface area contributed by atoms with Gasteiger partial charge in [0.05, 0.1) is 11.6 Å². The van der Waals surface area contributed by atoms with Crippen LogP contribution < -0.4 is 5.73 Å². The minimum absolute atomic E-state index is 0.0949. The predicted octanol–water partition coefficient (Wildman–Crippen LogP) is 5.34. The first kappa shape index (κ1) is 17.2. The Kier molecular flexibility index (Phi) is 4.63. The first-order chi connectivity index (χ1) is 11.9. The molecule has 0 saturated carbocycles. The van der Waals surface area contributed by atoms with Gasteiger partial charge in [-0.15, -0.1) is 0 Å². The summed E-state index contributed by atoms with van der Waals surface area (Å²) >= 11 is 12.3. The summed E-state index contributed by atoms with van der Waals surface area (Å²) in [4.78, 5) is 8.37. The molecule has 0 bridgehead atoms. The standard InChI is InChI=1S/C19H14Cl2N4/c1-10-6-12(4-3-5-22)7-11(2)16(10)14-8-13(20)9-15-17(14)24-19(21)25-18(15)23/h3-4,6-9H,1-2H3,(H2,23,24,25)/b4-3+. The molecule has 2 N–H and O–H groups in total. The molecule has 4 nitrogen and oxygen atoms in total. The minimum Gasteiger partial charge on any atom is -0.383 e. The van der Waals surface area contributed by atoms with Crippen molar-refractivity contribution in [3.05, 3.63) is 57.3 Å². The van der Waals surface area contributed by atoms with Crippen LogP contribution in [0.2, 0.25) is 10.3 Å². The van der Waals surface area contributed by atoms with E-state index >= 15 is 0 Å². The Labute approximate surface area is 155 Å². The molecule has 0 aliphatic heterocycles. The number of hydrogen-bond donors (Lipinski definition) is 1. The number of anilines is 1. The highest BCUT2D eigenvalue weighted by atomic mass is 35.5. The van der Waals surface area contributed by atoms with Crippen molar-refractivity contribution in [2.24, 2.45) is 0 Å². The lowest BCUT2D eigenvalue weighted by Gasteiger charge is -2.15. The molecule has 1 heterocycles. The minimum atomic E-state index is 0.0949. The topological polar surface area (TPSA) is 75.6 Å². The molecule has 0 amide bonds. The lowest BCUT2D eigenvalue weighted by molar-refractivity contribution is 1.23. The van der Waals surface area contributed by atoms with Crippen LogP contribution in [0.15, 0.2) is 30.3 Å². The van der Waals surface area contributed by atoms with E-state index in [0.29, 0.717) is 21.7 Å². The summed E-state index contributed by atoms with van der Waals surface area (Å²) in [5.41, 5.74) is 11.5. The van der Waals surface area contributed by atoms with Gasteiger partial charge in [0, 0.05) is 22.0 Å². The van der Waals surface area contributed by atoms with Gasteiger partial charge in [0.2, 0.25) is 5.28 Å². The van der Waals surface area contributed by atoms with Crippen LogP contribution in [-0.2, 0) is 0 Å². The van der Waals surface area contributed by atoms with Gasteiger partial charge < -0.3 is 5.73 Å². The van der Waals surface area contributed by atoms with E-state index in [9.17, 15) is 0 Å². The molecule has 0 atom stereocenters. The van der Waals surface area contributed by atoms with Gasteiger partial charge in [0.15, 0.2) is 0 Å². The van der Waals surface area contributed by atoms with E-state index in [1.807, 2.05) is 38.1 Å². The third-order valence-electron chi connectivity index (χ3n) is 3.94. The third kappa shape index (κ3) is 3.30. The van der Waals surface area contributed by atoms with E-state index in [1.165, 1.54) is 6.08 Å².